The van der Waals surface area contributed by atoms with Crippen LogP contribution < -0.4 is 10.2 Å². The molecular weight excluding hydrogens is 448 g/mol. The number of aromatic nitrogens is 4. The van der Waals surface area contributed by atoms with Crippen molar-refractivity contribution < 1.29 is 20.1 Å². The highest BCUT2D eigenvalue weighted by atomic mass is 16.6. The Balaban J connectivity index is 1.41. The van der Waals surface area contributed by atoms with E-state index in [1.807, 2.05) is 0 Å². The minimum absolute atomic E-state index is 0.133. The second kappa shape index (κ2) is 9.02. The largest absolute Gasteiger partial charge is 0.393 e. The molecule has 4 N–H and O–H groups in total. The normalized spacial score (nSPS) is 31.0. The Morgan fingerprint density at radius 2 is 1.77 bits per heavy atom. The van der Waals surface area contributed by atoms with Crippen molar-refractivity contribution in [1.29, 1.82) is 0 Å². The molecule has 6 rings (SSSR count). The second-order valence-corrected chi connectivity index (χ2v) is 9.98. The summed E-state index contributed by atoms with van der Waals surface area (Å²) in [6, 6.07) is 8.58. The summed E-state index contributed by atoms with van der Waals surface area (Å²) in [5.74, 6) is 1.28. The molecule has 2 aliphatic heterocycles. The third-order valence-corrected chi connectivity index (χ3v) is 7.65. The Bertz CT molecular complexity index is 1210. The maximum atomic E-state index is 10.8. The van der Waals surface area contributed by atoms with E-state index >= 15 is 0 Å². The summed E-state index contributed by atoms with van der Waals surface area (Å²) in [5.41, 5.74) is 3.81. The highest BCUT2D eigenvalue weighted by Gasteiger charge is 2.43. The first-order valence-electron chi connectivity index (χ1n) is 12.5. The number of fused-ring (bicyclic) bond motifs is 2. The lowest BCUT2D eigenvalue weighted by Gasteiger charge is -2.29. The zero-order valence-corrected chi connectivity index (χ0v) is 19.8. The molecule has 1 aliphatic carbocycles. The van der Waals surface area contributed by atoms with Crippen molar-refractivity contribution in [3.05, 3.63) is 41.7 Å². The molecule has 3 aliphatic rings. The Morgan fingerprint density at radius 3 is 2.51 bits per heavy atom. The maximum Gasteiger partial charge on any atom is 0.207 e. The molecule has 0 unspecified atom stereocenters. The van der Waals surface area contributed by atoms with E-state index < -0.39 is 24.5 Å². The first-order valence-corrected chi connectivity index (χ1v) is 12.5. The fourth-order valence-corrected chi connectivity index (χ4v) is 5.59. The van der Waals surface area contributed by atoms with Crippen molar-refractivity contribution in [2.24, 2.45) is 0 Å². The van der Waals surface area contributed by atoms with Gasteiger partial charge < -0.3 is 30.3 Å². The van der Waals surface area contributed by atoms with E-state index in [-0.39, 0.29) is 12.1 Å². The predicted octanol–water partition coefficient (Wildman–Crippen LogP) is 1.74. The molecule has 4 atom stereocenters. The number of anilines is 2. The maximum absolute atomic E-state index is 10.8. The van der Waals surface area contributed by atoms with Crippen LogP contribution in [-0.4, -0.2) is 71.8 Å². The highest BCUT2D eigenvalue weighted by molar-refractivity contribution is 5.86. The zero-order chi connectivity index (χ0) is 24.1. The van der Waals surface area contributed by atoms with Crippen LogP contribution in [0.15, 0.2) is 30.6 Å². The Morgan fingerprint density at radius 1 is 1.00 bits per heavy atom. The SMILES string of the molecule is C[C@H]1O[C@@H](n2c(N[C@H]3CC[C@H](O)CC3)nc3c(N4CCc5ccccc5C4)ncnc32)[C@H](O)[C@@H]1O. The van der Waals surface area contributed by atoms with E-state index in [4.69, 9.17) is 9.72 Å². The molecule has 1 saturated heterocycles. The molecule has 2 aromatic heterocycles. The van der Waals surface area contributed by atoms with E-state index in [1.54, 1.807) is 11.5 Å². The fourth-order valence-electron chi connectivity index (χ4n) is 5.59. The van der Waals surface area contributed by atoms with Gasteiger partial charge in [0.05, 0.1) is 12.2 Å². The first-order chi connectivity index (χ1) is 17.0. The molecule has 2 fully saturated rings. The number of rotatable bonds is 4. The summed E-state index contributed by atoms with van der Waals surface area (Å²) in [7, 11) is 0. The Labute approximate surface area is 203 Å². The third kappa shape index (κ3) is 4.04. The molecule has 4 heterocycles. The van der Waals surface area contributed by atoms with Crippen molar-refractivity contribution in [3.63, 3.8) is 0 Å². The smallest absolute Gasteiger partial charge is 0.207 e. The van der Waals surface area contributed by atoms with E-state index in [0.717, 1.165) is 51.0 Å². The van der Waals surface area contributed by atoms with Crippen molar-refractivity contribution >= 4 is 22.9 Å². The van der Waals surface area contributed by atoms with Gasteiger partial charge in [0, 0.05) is 19.1 Å². The lowest BCUT2D eigenvalue weighted by Crippen LogP contribution is -2.33. The quantitative estimate of drug-likeness (QED) is 0.441. The Kier molecular flexibility index (Phi) is 5.84. The van der Waals surface area contributed by atoms with Crippen LogP contribution in [0.2, 0.25) is 0 Å². The zero-order valence-electron chi connectivity index (χ0n) is 19.8. The number of aliphatic hydroxyl groups excluding tert-OH is 3. The number of nitrogens with zero attached hydrogens (tertiary/aromatic N) is 5. The molecule has 0 spiro atoms. The van der Waals surface area contributed by atoms with Gasteiger partial charge in [0.2, 0.25) is 5.95 Å². The number of hydrogen-bond acceptors (Lipinski definition) is 9. The monoisotopic (exact) mass is 480 g/mol. The molecule has 0 bridgehead atoms. The van der Waals surface area contributed by atoms with Crippen LogP contribution in [0.3, 0.4) is 0 Å². The van der Waals surface area contributed by atoms with Crippen LogP contribution >= 0.6 is 0 Å². The summed E-state index contributed by atoms with van der Waals surface area (Å²) in [6.45, 7) is 3.29. The molecular formula is C25H32N6O4. The van der Waals surface area contributed by atoms with E-state index in [9.17, 15) is 15.3 Å². The van der Waals surface area contributed by atoms with Crippen LogP contribution in [-0.2, 0) is 17.7 Å². The minimum Gasteiger partial charge on any atom is -0.393 e. The minimum atomic E-state index is -1.11. The third-order valence-electron chi connectivity index (χ3n) is 7.65. The molecule has 10 heteroatoms. The van der Waals surface area contributed by atoms with E-state index in [0.29, 0.717) is 17.1 Å². The number of nitrogens with one attached hydrogen (secondary N) is 1. The van der Waals surface area contributed by atoms with Gasteiger partial charge in [0.1, 0.15) is 18.5 Å². The summed E-state index contributed by atoms with van der Waals surface area (Å²) < 4.78 is 7.75. The average molecular weight is 481 g/mol. The molecule has 186 valence electrons. The number of imidazole rings is 1. The Hall–Kier alpha value is -2.79. The van der Waals surface area contributed by atoms with E-state index in [2.05, 4.69) is 44.5 Å². The average Bonchev–Trinajstić information content (AvgIpc) is 3.36. The standard InChI is InChI=1S/C25H32N6O4/c1-14-20(33)21(34)24(35-14)31-23-19(29-25(31)28-17-6-8-18(32)9-7-17)22(26-13-27-23)30-11-10-15-4-2-3-5-16(15)12-30/h2-5,13-14,17-18,20-21,24,32-34H,6-12H2,1H3,(H,28,29)/t14-,17-,18-,20-,21-,24-/m1/s1. The predicted molar refractivity (Wildman–Crippen MR) is 130 cm³/mol. The van der Waals surface area contributed by atoms with Crippen LogP contribution in [0.25, 0.3) is 11.2 Å². The van der Waals surface area contributed by atoms with Crippen molar-refractivity contribution in [3.8, 4) is 0 Å². The molecule has 10 nitrogen and oxygen atoms in total. The molecule has 0 radical (unpaired) electrons. The van der Waals surface area contributed by atoms with Gasteiger partial charge in [0.15, 0.2) is 23.2 Å². The summed E-state index contributed by atoms with van der Waals surface area (Å²) in [4.78, 5) is 16.3. The van der Waals surface area contributed by atoms with Gasteiger partial charge >= 0.3 is 0 Å². The summed E-state index contributed by atoms with van der Waals surface area (Å²) in [5, 5.41) is 34.7. The van der Waals surface area contributed by atoms with Crippen molar-refractivity contribution in [2.45, 2.75) is 82.3 Å². The molecule has 1 saturated carbocycles. The topological polar surface area (TPSA) is 129 Å². The summed E-state index contributed by atoms with van der Waals surface area (Å²) >= 11 is 0. The molecule has 35 heavy (non-hydrogen) atoms. The van der Waals surface area contributed by atoms with Gasteiger partial charge in [0.25, 0.3) is 0 Å². The van der Waals surface area contributed by atoms with Crippen LogP contribution in [0, 0.1) is 0 Å². The molecule has 3 aromatic rings. The van der Waals surface area contributed by atoms with Gasteiger partial charge in [-0.3, -0.25) is 4.57 Å². The van der Waals surface area contributed by atoms with E-state index in [1.165, 1.54) is 17.5 Å². The second-order valence-electron chi connectivity index (χ2n) is 9.98. The van der Waals surface area contributed by atoms with Gasteiger partial charge in [-0.2, -0.15) is 0 Å². The lowest BCUT2D eigenvalue weighted by molar-refractivity contribution is -0.0288. The number of aliphatic hydroxyl groups is 3. The first kappa shape index (κ1) is 22.7. The van der Waals surface area contributed by atoms with Crippen LogP contribution in [0.5, 0.6) is 0 Å². The molecule has 0 amide bonds. The number of ether oxygens (including phenoxy) is 1. The van der Waals surface area contributed by atoms with Crippen molar-refractivity contribution in [2.75, 3.05) is 16.8 Å². The number of benzene rings is 1. The molecule has 1 aromatic carbocycles. The van der Waals surface area contributed by atoms with Gasteiger partial charge in [-0.1, -0.05) is 24.3 Å². The van der Waals surface area contributed by atoms with Crippen LogP contribution in [0.4, 0.5) is 11.8 Å². The van der Waals surface area contributed by atoms with Gasteiger partial charge in [-0.05, 0) is 50.2 Å². The fraction of sp³-hybridized carbons (Fsp3) is 0.560. The van der Waals surface area contributed by atoms with Crippen LogP contribution in [0.1, 0.15) is 50.0 Å². The van der Waals surface area contributed by atoms with Gasteiger partial charge in [-0.25, -0.2) is 15.0 Å². The number of hydrogen-bond donors (Lipinski definition) is 4. The lowest BCUT2D eigenvalue weighted by atomic mass is 9.93. The summed E-state index contributed by atoms with van der Waals surface area (Å²) in [6.07, 6.45) is 1.82. The van der Waals surface area contributed by atoms with Gasteiger partial charge in [-0.15, -0.1) is 0 Å². The van der Waals surface area contributed by atoms with Crippen molar-refractivity contribution in [1.82, 2.24) is 19.5 Å². The highest BCUT2D eigenvalue weighted by Crippen LogP contribution is 2.37.